The van der Waals surface area contributed by atoms with Crippen LogP contribution in [-0.4, -0.2) is 51.3 Å². The normalized spacial score (nSPS) is 12.7. The zero-order valence-corrected chi connectivity index (χ0v) is 16.5. The Kier molecular flexibility index (Phi) is 4.48. The predicted molar refractivity (Wildman–Crippen MR) is 109 cm³/mol. The van der Waals surface area contributed by atoms with Crippen molar-refractivity contribution in [2.45, 2.75) is 13.1 Å². The predicted octanol–water partition coefficient (Wildman–Crippen LogP) is 4.09. The van der Waals surface area contributed by atoms with E-state index in [-0.39, 0.29) is 0 Å². The summed E-state index contributed by atoms with van der Waals surface area (Å²) in [4.78, 5) is 0. The summed E-state index contributed by atoms with van der Waals surface area (Å²) in [5.41, 5.74) is 5.41. The highest BCUT2D eigenvalue weighted by Crippen LogP contribution is 2.25. The Hall–Kier alpha value is -2.10. The lowest BCUT2D eigenvalue weighted by Crippen LogP contribution is -2.34. The summed E-state index contributed by atoms with van der Waals surface area (Å²) in [5.74, 6) is 0. The second-order valence-corrected chi connectivity index (χ2v) is 8.93. The average molecular weight is 338 g/mol. The van der Waals surface area contributed by atoms with Crippen molar-refractivity contribution in [2.75, 3.05) is 42.3 Å². The first kappa shape index (κ1) is 17.7. The molecular weight excluding hydrogens is 306 g/mol. The van der Waals surface area contributed by atoms with Crippen molar-refractivity contribution in [3.63, 3.8) is 0 Å². The summed E-state index contributed by atoms with van der Waals surface area (Å²) >= 11 is 0. The van der Waals surface area contributed by atoms with Crippen LogP contribution in [0.5, 0.6) is 0 Å². The molecule has 0 aliphatic heterocycles. The lowest BCUT2D eigenvalue weighted by molar-refractivity contribution is -0.883. The van der Waals surface area contributed by atoms with Gasteiger partial charge in [-0.05, 0) is 23.8 Å². The fraction of sp³-hybridized carbons (Fsp3) is 0.364. The first-order chi connectivity index (χ1) is 11.6. The highest BCUT2D eigenvalue weighted by molar-refractivity contribution is 5.84. The molecule has 25 heavy (non-hydrogen) atoms. The van der Waals surface area contributed by atoms with E-state index >= 15 is 0 Å². The minimum absolute atomic E-state index is 0.848. The van der Waals surface area contributed by atoms with Crippen molar-refractivity contribution in [3.8, 4) is 0 Å². The average Bonchev–Trinajstić information content (AvgIpc) is 2.83. The Bertz CT molecular complexity index is 859. The van der Waals surface area contributed by atoms with Gasteiger partial charge in [0.2, 0.25) is 0 Å². The quantitative estimate of drug-likeness (QED) is 0.618. The largest absolute Gasteiger partial charge is 0.343 e. The molecule has 132 valence electrons. The molecule has 0 amide bonds. The summed E-state index contributed by atoms with van der Waals surface area (Å²) in [6, 6.07) is 17.8. The van der Waals surface area contributed by atoms with Gasteiger partial charge in [0.1, 0.15) is 12.2 Å². The number of nitrogens with zero attached hydrogens (tertiary/aromatic N) is 3. The van der Waals surface area contributed by atoms with Crippen LogP contribution in [-0.2, 0) is 13.1 Å². The molecule has 0 fully saturated rings. The van der Waals surface area contributed by atoms with Crippen LogP contribution in [0.2, 0.25) is 0 Å². The first-order valence-corrected chi connectivity index (χ1v) is 8.92. The molecule has 2 aromatic carbocycles. The third kappa shape index (κ3) is 4.12. The summed E-state index contributed by atoms with van der Waals surface area (Å²) in [7, 11) is 13.3. The van der Waals surface area contributed by atoms with Crippen molar-refractivity contribution < 1.29 is 4.48 Å². The van der Waals surface area contributed by atoms with Crippen molar-refractivity contribution in [1.29, 1.82) is 0 Å². The van der Waals surface area contributed by atoms with Crippen LogP contribution in [0.3, 0.4) is 0 Å². The third-order valence-electron chi connectivity index (χ3n) is 4.58. The Morgan fingerprint density at radius 3 is 2.04 bits per heavy atom. The molecule has 0 aliphatic rings. The fourth-order valence-electron chi connectivity index (χ4n) is 3.34. The summed E-state index contributed by atoms with van der Waals surface area (Å²) < 4.78 is 4.17. The third-order valence-corrected chi connectivity index (χ3v) is 4.58. The van der Waals surface area contributed by atoms with Crippen LogP contribution in [0, 0.1) is 0 Å². The first-order valence-electron chi connectivity index (χ1n) is 8.92. The molecule has 0 radical (unpaired) electrons. The van der Waals surface area contributed by atoms with Gasteiger partial charge in [-0.3, -0.25) is 4.48 Å². The number of para-hydroxylation sites is 1. The molecule has 0 atom stereocenters. The monoisotopic (exact) mass is 337 g/mol. The second-order valence-electron chi connectivity index (χ2n) is 8.93. The van der Waals surface area contributed by atoms with Crippen LogP contribution < -0.4 is 4.48 Å². The van der Waals surface area contributed by atoms with Crippen LogP contribution in [0.15, 0.2) is 54.7 Å². The van der Waals surface area contributed by atoms with E-state index in [0.717, 1.165) is 22.1 Å². The van der Waals surface area contributed by atoms with Gasteiger partial charge < -0.3 is 9.05 Å². The number of hydrogen-bond acceptors (Lipinski definition) is 0. The number of quaternary nitrogens is 2. The Balaban J connectivity index is 1.94. The molecule has 0 N–H and O–H groups in total. The number of aromatic nitrogens is 1. The molecule has 0 saturated heterocycles. The highest BCUT2D eigenvalue weighted by atomic mass is 15.3. The van der Waals surface area contributed by atoms with E-state index in [1.54, 1.807) is 0 Å². The van der Waals surface area contributed by atoms with Crippen LogP contribution in [0.25, 0.3) is 10.9 Å². The van der Waals surface area contributed by atoms with Crippen LogP contribution in [0.1, 0.15) is 11.1 Å². The van der Waals surface area contributed by atoms with Gasteiger partial charge in [0.15, 0.2) is 0 Å². The molecule has 0 spiro atoms. The standard InChI is InChI=1S/C22H31N3/c1-24(2,3)17-19-16-23(22-10-8-7-9-21(19)22)15-18-11-13-20(14-12-18)25(4,5)6/h7-14,16H,15,17H2,1-6H3/q+2. The smallest absolute Gasteiger partial charge is 0.132 e. The number of hydrogen-bond donors (Lipinski definition) is 0. The summed E-state index contributed by atoms with van der Waals surface area (Å²) in [6.07, 6.45) is 2.34. The van der Waals surface area contributed by atoms with Gasteiger partial charge in [-0.25, -0.2) is 0 Å². The van der Waals surface area contributed by atoms with E-state index in [4.69, 9.17) is 0 Å². The maximum atomic E-state index is 2.39. The molecule has 3 nitrogen and oxygen atoms in total. The SMILES string of the molecule is C[N+](C)(C)Cc1cn(Cc2ccc([N+](C)(C)C)cc2)c2ccccc12. The van der Waals surface area contributed by atoms with Gasteiger partial charge in [0, 0.05) is 29.2 Å². The molecule has 3 aromatic rings. The van der Waals surface area contributed by atoms with Crippen LogP contribution >= 0.6 is 0 Å². The Labute approximate surface area is 151 Å². The molecule has 3 heteroatoms. The lowest BCUT2D eigenvalue weighted by atomic mass is 10.1. The van der Waals surface area contributed by atoms with Gasteiger partial charge in [-0.15, -0.1) is 0 Å². The summed E-state index contributed by atoms with van der Waals surface area (Å²) in [6.45, 7) is 1.95. The Morgan fingerprint density at radius 1 is 0.800 bits per heavy atom. The van der Waals surface area contributed by atoms with Crippen molar-refractivity contribution in [3.05, 3.63) is 65.9 Å². The van der Waals surface area contributed by atoms with E-state index in [1.165, 1.54) is 27.7 Å². The van der Waals surface area contributed by atoms with Crippen molar-refractivity contribution in [2.24, 2.45) is 0 Å². The van der Waals surface area contributed by atoms with Gasteiger partial charge in [0.25, 0.3) is 0 Å². The molecule has 0 saturated carbocycles. The van der Waals surface area contributed by atoms with Gasteiger partial charge in [0.05, 0.1) is 42.3 Å². The molecular formula is C22H31N3+2. The highest BCUT2D eigenvalue weighted by Gasteiger charge is 2.16. The molecule has 0 aliphatic carbocycles. The summed E-state index contributed by atoms with van der Waals surface area (Å²) in [5, 5.41) is 1.37. The fourth-order valence-corrected chi connectivity index (χ4v) is 3.34. The van der Waals surface area contributed by atoms with E-state index in [1.807, 2.05) is 0 Å². The lowest BCUT2D eigenvalue weighted by Gasteiger charge is -2.23. The molecule has 1 heterocycles. The van der Waals surface area contributed by atoms with E-state index in [2.05, 4.69) is 102 Å². The number of fused-ring (bicyclic) bond motifs is 1. The second kappa shape index (κ2) is 6.32. The maximum Gasteiger partial charge on any atom is 0.132 e. The topological polar surface area (TPSA) is 4.93 Å². The zero-order chi connectivity index (χ0) is 18.2. The van der Waals surface area contributed by atoms with E-state index in [0.29, 0.717) is 0 Å². The van der Waals surface area contributed by atoms with Gasteiger partial charge >= 0.3 is 0 Å². The van der Waals surface area contributed by atoms with E-state index < -0.39 is 0 Å². The molecule has 3 rings (SSSR count). The Morgan fingerprint density at radius 2 is 1.44 bits per heavy atom. The molecule has 1 aromatic heterocycles. The maximum absolute atomic E-state index is 2.39. The molecule has 0 unspecified atom stereocenters. The minimum atomic E-state index is 0.848. The van der Waals surface area contributed by atoms with Crippen molar-refractivity contribution in [1.82, 2.24) is 9.05 Å². The number of benzene rings is 2. The number of rotatable bonds is 5. The van der Waals surface area contributed by atoms with E-state index in [9.17, 15) is 0 Å². The van der Waals surface area contributed by atoms with Crippen LogP contribution in [0.4, 0.5) is 5.69 Å². The van der Waals surface area contributed by atoms with Crippen molar-refractivity contribution >= 4 is 16.6 Å². The van der Waals surface area contributed by atoms with Gasteiger partial charge in [-0.1, -0.05) is 30.3 Å². The minimum Gasteiger partial charge on any atom is -0.343 e. The molecule has 0 bridgehead atoms. The van der Waals surface area contributed by atoms with Gasteiger partial charge in [-0.2, -0.15) is 0 Å². The zero-order valence-electron chi connectivity index (χ0n) is 16.5.